The molecule has 0 radical (unpaired) electrons. The van der Waals surface area contributed by atoms with Crippen LogP contribution in [0.2, 0.25) is 0 Å². The molecule has 0 bridgehead atoms. The fourth-order valence-corrected chi connectivity index (χ4v) is 3.70. The third-order valence-corrected chi connectivity index (χ3v) is 5.33. The molecule has 3 rings (SSSR count). The zero-order chi connectivity index (χ0) is 19.4. The Bertz CT molecular complexity index is 1080. The predicted octanol–water partition coefficient (Wildman–Crippen LogP) is 2.79. The molecule has 1 amide bonds. The molecule has 2 heterocycles. The average molecular weight is 381 g/mol. The molecule has 7 heteroatoms. The minimum atomic E-state index is -3.39. The van der Waals surface area contributed by atoms with E-state index < -0.39 is 9.84 Å². The van der Waals surface area contributed by atoms with Crippen LogP contribution in [0, 0.1) is 6.92 Å². The summed E-state index contributed by atoms with van der Waals surface area (Å²) in [5, 5.41) is 2.78. The summed E-state index contributed by atoms with van der Waals surface area (Å²) in [4.78, 5) is 20.9. The Morgan fingerprint density at radius 3 is 2.59 bits per heavy atom. The molecular formula is C20H19N3O3S. The lowest BCUT2D eigenvalue weighted by molar-refractivity contribution is 0.0950. The zero-order valence-corrected chi connectivity index (χ0v) is 15.8. The topological polar surface area (TPSA) is 89.0 Å². The molecule has 27 heavy (non-hydrogen) atoms. The van der Waals surface area contributed by atoms with Gasteiger partial charge in [0.15, 0.2) is 9.84 Å². The van der Waals surface area contributed by atoms with E-state index in [-0.39, 0.29) is 17.3 Å². The summed E-state index contributed by atoms with van der Waals surface area (Å²) in [7, 11) is -3.39. The quantitative estimate of drug-likeness (QED) is 0.734. The summed E-state index contributed by atoms with van der Waals surface area (Å²) in [5.41, 5.74) is 3.52. The van der Waals surface area contributed by atoms with Crippen molar-refractivity contribution in [1.82, 2.24) is 15.3 Å². The highest BCUT2D eigenvalue weighted by molar-refractivity contribution is 7.90. The second-order valence-corrected chi connectivity index (χ2v) is 8.20. The highest BCUT2D eigenvalue weighted by Gasteiger charge is 2.14. The molecule has 2 aromatic heterocycles. The highest BCUT2D eigenvalue weighted by atomic mass is 32.2. The first-order chi connectivity index (χ1) is 12.8. The standard InChI is InChI=1S/C20H19N3O3S/c1-14-5-6-16(11-19(14)27(2,25)26)20(24)23-13-18-10-15(7-9-22-18)17-4-3-8-21-12-17/h3-12H,13H2,1-2H3,(H,23,24). The number of amides is 1. The molecule has 6 nitrogen and oxygen atoms in total. The summed E-state index contributed by atoms with van der Waals surface area (Å²) in [5.74, 6) is -0.353. The van der Waals surface area contributed by atoms with Gasteiger partial charge in [0, 0.05) is 36.0 Å². The van der Waals surface area contributed by atoms with Gasteiger partial charge in [0.1, 0.15) is 0 Å². The van der Waals surface area contributed by atoms with E-state index in [2.05, 4.69) is 15.3 Å². The van der Waals surface area contributed by atoms with E-state index in [1.165, 1.54) is 6.07 Å². The molecule has 0 atom stereocenters. The molecule has 0 fully saturated rings. The van der Waals surface area contributed by atoms with Crippen molar-refractivity contribution in [3.05, 3.63) is 77.9 Å². The predicted molar refractivity (Wildman–Crippen MR) is 103 cm³/mol. The second-order valence-electron chi connectivity index (χ2n) is 6.21. The van der Waals surface area contributed by atoms with Crippen molar-refractivity contribution in [3.63, 3.8) is 0 Å². The SMILES string of the molecule is Cc1ccc(C(=O)NCc2cc(-c3cccnc3)ccn2)cc1S(C)(=O)=O. The summed E-state index contributed by atoms with van der Waals surface area (Å²) >= 11 is 0. The van der Waals surface area contributed by atoms with Gasteiger partial charge in [0.05, 0.1) is 17.1 Å². The highest BCUT2D eigenvalue weighted by Crippen LogP contribution is 2.19. The van der Waals surface area contributed by atoms with Gasteiger partial charge in [-0.3, -0.25) is 14.8 Å². The van der Waals surface area contributed by atoms with E-state index in [4.69, 9.17) is 0 Å². The Kier molecular flexibility index (Phi) is 5.32. The van der Waals surface area contributed by atoms with Crippen LogP contribution in [0.25, 0.3) is 11.1 Å². The summed E-state index contributed by atoms with van der Waals surface area (Å²) in [6.07, 6.45) is 6.28. The van der Waals surface area contributed by atoms with Crippen LogP contribution >= 0.6 is 0 Å². The lowest BCUT2D eigenvalue weighted by Crippen LogP contribution is -2.23. The summed E-state index contributed by atoms with van der Waals surface area (Å²) < 4.78 is 23.7. The van der Waals surface area contributed by atoms with E-state index in [0.717, 1.165) is 17.4 Å². The Morgan fingerprint density at radius 1 is 1.07 bits per heavy atom. The first kappa shape index (κ1) is 18.7. The summed E-state index contributed by atoms with van der Waals surface area (Å²) in [6.45, 7) is 1.93. The molecule has 0 aliphatic heterocycles. The van der Waals surface area contributed by atoms with Gasteiger partial charge >= 0.3 is 0 Å². The first-order valence-corrected chi connectivity index (χ1v) is 10.2. The van der Waals surface area contributed by atoms with Crippen LogP contribution in [0.4, 0.5) is 0 Å². The van der Waals surface area contributed by atoms with Crippen molar-refractivity contribution < 1.29 is 13.2 Å². The van der Waals surface area contributed by atoms with Gasteiger partial charge in [-0.1, -0.05) is 12.1 Å². The number of aromatic nitrogens is 2. The molecular weight excluding hydrogens is 362 g/mol. The zero-order valence-electron chi connectivity index (χ0n) is 15.0. The van der Waals surface area contributed by atoms with Crippen LogP contribution in [0.3, 0.4) is 0 Å². The molecule has 3 aromatic rings. The van der Waals surface area contributed by atoms with Gasteiger partial charge in [-0.05, 0) is 48.4 Å². The Hall–Kier alpha value is -3.06. The maximum absolute atomic E-state index is 12.4. The van der Waals surface area contributed by atoms with Crippen LogP contribution in [0.1, 0.15) is 21.6 Å². The van der Waals surface area contributed by atoms with E-state index in [1.807, 2.05) is 24.3 Å². The summed E-state index contributed by atoms with van der Waals surface area (Å²) in [6, 6.07) is 12.2. The van der Waals surface area contributed by atoms with Gasteiger partial charge in [-0.2, -0.15) is 0 Å². The number of carbonyl (C=O) groups excluding carboxylic acids is 1. The molecule has 1 N–H and O–H groups in total. The Labute approximate surface area is 158 Å². The second kappa shape index (κ2) is 7.67. The number of carbonyl (C=O) groups is 1. The molecule has 0 aliphatic rings. The number of hydrogen-bond acceptors (Lipinski definition) is 5. The van der Waals surface area contributed by atoms with Crippen LogP contribution < -0.4 is 5.32 Å². The van der Waals surface area contributed by atoms with Gasteiger partial charge < -0.3 is 5.32 Å². The maximum atomic E-state index is 12.4. The molecule has 0 saturated heterocycles. The number of benzene rings is 1. The van der Waals surface area contributed by atoms with E-state index >= 15 is 0 Å². The van der Waals surface area contributed by atoms with Gasteiger partial charge in [-0.25, -0.2) is 8.42 Å². The maximum Gasteiger partial charge on any atom is 0.251 e. The first-order valence-electron chi connectivity index (χ1n) is 8.29. The van der Waals surface area contributed by atoms with Crippen LogP contribution in [0.5, 0.6) is 0 Å². The third-order valence-electron chi connectivity index (χ3n) is 4.09. The van der Waals surface area contributed by atoms with Crippen LogP contribution in [-0.2, 0) is 16.4 Å². The largest absolute Gasteiger partial charge is 0.346 e. The number of nitrogens with zero attached hydrogens (tertiary/aromatic N) is 2. The minimum absolute atomic E-state index is 0.159. The Balaban J connectivity index is 1.75. The van der Waals surface area contributed by atoms with Gasteiger partial charge in [0.2, 0.25) is 0 Å². The molecule has 138 valence electrons. The van der Waals surface area contributed by atoms with Crippen molar-refractivity contribution in [2.24, 2.45) is 0 Å². The lowest BCUT2D eigenvalue weighted by atomic mass is 10.1. The lowest BCUT2D eigenvalue weighted by Gasteiger charge is -2.09. The smallest absolute Gasteiger partial charge is 0.251 e. The van der Waals surface area contributed by atoms with Gasteiger partial charge in [-0.15, -0.1) is 0 Å². The number of hydrogen-bond donors (Lipinski definition) is 1. The molecule has 0 saturated carbocycles. The average Bonchev–Trinajstić information content (AvgIpc) is 2.66. The fourth-order valence-electron chi connectivity index (χ4n) is 2.70. The normalized spacial score (nSPS) is 11.2. The number of aryl methyl sites for hydroxylation is 1. The third kappa shape index (κ3) is 4.57. The van der Waals surface area contributed by atoms with E-state index in [0.29, 0.717) is 16.8 Å². The molecule has 0 aliphatic carbocycles. The van der Waals surface area contributed by atoms with E-state index in [9.17, 15) is 13.2 Å². The molecule has 1 aromatic carbocycles. The van der Waals surface area contributed by atoms with Crippen molar-refractivity contribution in [2.75, 3.05) is 6.26 Å². The van der Waals surface area contributed by atoms with Crippen molar-refractivity contribution in [3.8, 4) is 11.1 Å². The number of rotatable bonds is 5. The van der Waals surface area contributed by atoms with Crippen molar-refractivity contribution in [1.29, 1.82) is 0 Å². The fraction of sp³-hybridized carbons (Fsp3) is 0.150. The number of nitrogens with one attached hydrogen (secondary N) is 1. The number of pyridine rings is 2. The van der Waals surface area contributed by atoms with Crippen molar-refractivity contribution in [2.45, 2.75) is 18.4 Å². The number of sulfone groups is 1. The Morgan fingerprint density at radius 2 is 1.89 bits per heavy atom. The van der Waals surface area contributed by atoms with Crippen molar-refractivity contribution >= 4 is 15.7 Å². The molecule has 0 unspecified atom stereocenters. The van der Waals surface area contributed by atoms with Crippen LogP contribution in [0.15, 0.2) is 66.0 Å². The van der Waals surface area contributed by atoms with E-state index in [1.54, 1.807) is 37.6 Å². The monoisotopic (exact) mass is 381 g/mol. The van der Waals surface area contributed by atoms with Gasteiger partial charge in [0.25, 0.3) is 5.91 Å². The molecule has 0 spiro atoms. The minimum Gasteiger partial charge on any atom is -0.346 e. The van der Waals surface area contributed by atoms with Crippen LogP contribution in [-0.4, -0.2) is 30.5 Å².